The maximum Gasteiger partial charge on any atom is 0.416 e. The zero-order valence-corrected chi connectivity index (χ0v) is 13.5. The van der Waals surface area contributed by atoms with E-state index in [0.29, 0.717) is 11.4 Å². The molecule has 0 unspecified atom stereocenters. The van der Waals surface area contributed by atoms with E-state index in [2.05, 4.69) is 5.32 Å². The standard InChI is InChI=1S/C17H15F3N2O3/c1-22(2)13-7-6-10(17(18,19)20)8-12(13)21-16(23)11-4-3-5-14-15(11)25-9-24-14/h3-8H,9H2,1-2H3,(H,21,23). The van der Waals surface area contributed by atoms with Crippen LogP contribution in [0.2, 0.25) is 0 Å². The lowest BCUT2D eigenvalue weighted by Gasteiger charge is -2.20. The largest absolute Gasteiger partial charge is 0.454 e. The molecule has 3 rings (SSSR count). The van der Waals surface area contributed by atoms with Crippen molar-refractivity contribution in [3.63, 3.8) is 0 Å². The second kappa shape index (κ2) is 6.19. The van der Waals surface area contributed by atoms with Crippen LogP contribution in [-0.4, -0.2) is 26.8 Å². The van der Waals surface area contributed by atoms with Gasteiger partial charge in [0.1, 0.15) is 0 Å². The molecule has 0 atom stereocenters. The number of ether oxygens (including phenoxy) is 2. The van der Waals surface area contributed by atoms with Crippen LogP contribution in [0.5, 0.6) is 11.5 Å². The van der Waals surface area contributed by atoms with Crippen LogP contribution in [0.3, 0.4) is 0 Å². The van der Waals surface area contributed by atoms with E-state index in [1.807, 2.05) is 0 Å². The van der Waals surface area contributed by atoms with Gasteiger partial charge in [0.15, 0.2) is 11.5 Å². The van der Waals surface area contributed by atoms with Crippen LogP contribution in [0.1, 0.15) is 15.9 Å². The summed E-state index contributed by atoms with van der Waals surface area (Å²) in [6, 6.07) is 7.98. The molecule has 0 bridgehead atoms. The van der Waals surface area contributed by atoms with Gasteiger partial charge in [0.05, 0.1) is 22.5 Å². The Balaban J connectivity index is 1.97. The van der Waals surface area contributed by atoms with Crippen LogP contribution < -0.4 is 19.7 Å². The molecule has 5 nitrogen and oxygen atoms in total. The lowest BCUT2D eigenvalue weighted by atomic mass is 10.1. The van der Waals surface area contributed by atoms with E-state index in [0.717, 1.165) is 12.1 Å². The van der Waals surface area contributed by atoms with E-state index in [1.54, 1.807) is 31.1 Å². The van der Waals surface area contributed by atoms with Gasteiger partial charge in [-0.05, 0) is 30.3 Å². The Bertz CT molecular complexity index is 819. The highest BCUT2D eigenvalue weighted by Gasteiger charge is 2.31. The summed E-state index contributed by atoms with van der Waals surface area (Å²) in [6.07, 6.45) is -4.50. The molecule has 1 amide bonds. The van der Waals surface area contributed by atoms with E-state index in [1.165, 1.54) is 12.1 Å². The van der Waals surface area contributed by atoms with Crippen LogP contribution >= 0.6 is 0 Å². The van der Waals surface area contributed by atoms with E-state index in [9.17, 15) is 18.0 Å². The second-order valence-corrected chi connectivity index (χ2v) is 5.62. The summed E-state index contributed by atoms with van der Waals surface area (Å²) in [5.74, 6) is 0.118. The van der Waals surface area contributed by atoms with Crippen molar-refractivity contribution in [1.29, 1.82) is 0 Å². The molecule has 1 aliphatic rings. The molecule has 1 N–H and O–H groups in total. The number of amides is 1. The van der Waals surface area contributed by atoms with Gasteiger partial charge in [-0.1, -0.05) is 6.07 Å². The first kappa shape index (κ1) is 16.9. The van der Waals surface area contributed by atoms with Gasteiger partial charge in [-0.2, -0.15) is 13.2 Å². The third kappa shape index (κ3) is 3.33. The third-order valence-corrected chi connectivity index (χ3v) is 3.70. The number of nitrogens with zero attached hydrogens (tertiary/aromatic N) is 1. The molecular formula is C17H15F3N2O3. The average molecular weight is 352 g/mol. The highest BCUT2D eigenvalue weighted by Crippen LogP contribution is 2.37. The van der Waals surface area contributed by atoms with E-state index >= 15 is 0 Å². The molecule has 1 heterocycles. The summed E-state index contributed by atoms with van der Waals surface area (Å²) in [4.78, 5) is 14.2. The van der Waals surface area contributed by atoms with Gasteiger partial charge in [-0.15, -0.1) is 0 Å². The highest BCUT2D eigenvalue weighted by molar-refractivity contribution is 6.08. The average Bonchev–Trinajstić information content (AvgIpc) is 3.02. The zero-order valence-electron chi connectivity index (χ0n) is 13.5. The summed E-state index contributed by atoms with van der Waals surface area (Å²) in [7, 11) is 3.35. The fourth-order valence-electron chi connectivity index (χ4n) is 2.50. The smallest absolute Gasteiger partial charge is 0.416 e. The Labute approximate surface area is 142 Å². The number of nitrogens with one attached hydrogen (secondary N) is 1. The molecule has 0 aromatic heterocycles. The SMILES string of the molecule is CN(C)c1ccc(C(F)(F)F)cc1NC(=O)c1cccc2c1OCO2. The Morgan fingerprint density at radius 1 is 1.16 bits per heavy atom. The van der Waals surface area contributed by atoms with Gasteiger partial charge in [-0.3, -0.25) is 4.79 Å². The lowest BCUT2D eigenvalue weighted by molar-refractivity contribution is -0.137. The molecule has 0 spiro atoms. The predicted molar refractivity (Wildman–Crippen MR) is 86.3 cm³/mol. The first-order chi connectivity index (χ1) is 11.8. The number of halogens is 3. The van der Waals surface area contributed by atoms with Crippen molar-refractivity contribution in [3.05, 3.63) is 47.5 Å². The normalized spacial score (nSPS) is 12.8. The van der Waals surface area contributed by atoms with Gasteiger partial charge in [0, 0.05) is 14.1 Å². The van der Waals surface area contributed by atoms with Crippen LogP contribution in [0.4, 0.5) is 24.5 Å². The number of alkyl halides is 3. The Morgan fingerprint density at radius 3 is 2.60 bits per heavy atom. The predicted octanol–water partition coefficient (Wildman–Crippen LogP) is 3.75. The fraction of sp³-hybridized carbons (Fsp3) is 0.235. The Morgan fingerprint density at radius 2 is 1.92 bits per heavy atom. The quantitative estimate of drug-likeness (QED) is 0.914. The van der Waals surface area contributed by atoms with Crippen molar-refractivity contribution in [2.75, 3.05) is 31.1 Å². The van der Waals surface area contributed by atoms with Crippen molar-refractivity contribution in [2.24, 2.45) is 0 Å². The molecule has 0 radical (unpaired) electrons. The van der Waals surface area contributed by atoms with E-state index < -0.39 is 17.6 Å². The topological polar surface area (TPSA) is 50.8 Å². The summed E-state index contributed by atoms with van der Waals surface area (Å²) in [5, 5.41) is 2.53. The van der Waals surface area contributed by atoms with Crippen molar-refractivity contribution >= 4 is 17.3 Å². The number of fused-ring (bicyclic) bond motifs is 1. The minimum absolute atomic E-state index is 0.00780. The Hall–Kier alpha value is -2.90. The highest BCUT2D eigenvalue weighted by atomic mass is 19.4. The van der Waals surface area contributed by atoms with Crippen molar-refractivity contribution < 1.29 is 27.4 Å². The molecule has 0 saturated heterocycles. The van der Waals surface area contributed by atoms with Crippen LogP contribution in [0, 0.1) is 0 Å². The van der Waals surface area contributed by atoms with Crippen molar-refractivity contribution in [1.82, 2.24) is 0 Å². The molecule has 0 saturated carbocycles. The van der Waals surface area contributed by atoms with E-state index in [-0.39, 0.29) is 23.8 Å². The number of hydrogen-bond donors (Lipinski definition) is 1. The number of carbonyl (C=O) groups excluding carboxylic acids is 1. The Kier molecular flexibility index (Phi) is 4.20. The number of benzene rings is 2. The number of carbonyl (C=O) groups is 1. The summed E-state index contributed by atoms with van der Waals surface area (Å²) in [5.41, 5.74) is -0.143. The molecule has 2 aromatic rings. The minimum atomic E-state index is -4.50. The monoisotopic (exact) mass is 352 g/mol. The number of rotatable bonds is 3. The molecule has 8 heteroatoms. The molecule has 0 fully saturated rings. The number of anilines is 2. The molecule has 132 valence electrons. The second-order valence-electron chi connectivity index (χ2n) is 5.62. The van der Waals surface area contributed by atoms with Gasteiger partial charge in [0.2, 0.25) is 6.79 Å². The molecule has 1 aliphatic heterocycles. The lowest BCUT2D eigenvalue weighted by Crippen LogP contribution is -2.18. The molecule has 2 aromatic carbocycles. The van der Waals surface area contributed by atoms with Gasteiger partial charge in [-0.25, -0.2) is 0 Å². The zero-order chi connectivity index (χ0) is 18.2. The van der Waals surface area contributed by atoms with Crippen molar-refractivity contribution in [3.8, 4) is 11.5 Å². The summed E-state index contributed by atoms with van der Waals surface area (Å²) in [6.45, 7) is -0.00780. The molecule has 25 heavy (non-hydrogen) atoms. The molecular weight excluding hydrogens is 337 g/mol. The first-order valence-corrected chi connectivity index (χ1v) is 7.36. The number of hydrogen-bond acceptors (Lipinski definition) is 4. The number of para-hydroxylation sites is 1. The summed E-state index contributed by atoms with van der Waals surface area (Å²) < 4.78 is 49.4. The van der Waals surface area contributed by atoms with Gasteiger partial charge < -0.3 is 19.7 Å². The van der Waals surface area contributed by atoms with E-state index in [4.69, 9.17) is 9.47 Å². The van der Waals surface area contributed by atoms with Crippen molar-refractivity contribution in [2.45, 2.75) is 6.18 Å². The van der Waals surface area contributed by atoms with Gasteiger partial charge in [0.25, 0.3) is 5.91 Å². The molecule has 0 aliphatic carbocycles. The third-order valence-electron chi connectivity index (χ3n) is 3.70. The van der Waals surface area contributed by atoms with Gasteiger partial charge >= 0.3 is 6.18 Å². The minimum Gasteiger partial charge on any atom is -0.454 e. The first-order valence-electron chi connectivity index (χ1n) is 7.36. The maximum absolute atomic E-state index is 13.0. The maximum atomic E-state index is 13.0. The summed E-state index contributed by atoms with van der Waals surface area (Å²) >= 11 is 0. The van der Waals surface area contributed by atoms with Crippen LogP contribution in [0.15, 0.2) is 36.4 Å². The van der Waals surface area contributed by atoms with Crippen LogP contribution in [0.25, 0.3) is 0 Å². The fourth-order valence-corrected chi connectivity index (χ4v) is 2.50. The van der Waals surface area contributed by atoms with Crippen LogP contribution in [-0.2, 0) is 6.18 Å².